The van der Waals surface area contributed by atoms with Gasteiger partial charge in [-0.15, -0.1) is 0 Å². The maximum Gasteiger partial charge on any atom is 0.408 e. The third-order valence-corrected chi connectivity index (χ3v) is 7.19. The van der Waals surface area contributed by atoms with Gasteiger partial charge in [0.05, 0.1) is 12.1 Å². The molecule has 1 saturated carbocycles. The highest BCUT2D eigenvalue weighted by atomic mass is 16.6. The topological polar surface area (TPSA) is 132 Å². The fourth-order valence-corrected chi connectivity index (χ4v) is 5.29. The summed E-state index contributed by atoms with van der Waals surface area (Å²) in [5.41, 5.74) is 0.676. The zero-order valence-electron chi connectivity index (χ0n) is 25.1. The number of alkyl carbamates (subject to hydrolysis) is 1. The molecule has 2 aliphatic rings. The quantitative estimate of drug-likeness (QED) is 0.387. The van der Waals surface area contributed by atoms with E-state index in [0.717, 1.165) is 43.2 Å². The summed E-state index contributed by atoms with van der Waals surface area (Å²) in [4.78, 5) is 52.5. The van der Waals surface area contributed by atoms with E-state index in [4.69, 9.17) is 14.2 Å². The molecule has 1 heterocycles. The predicted molar refractivity (Wildman–Crippen MR) is 160 cm³/mol. The van der Waals surface area contributed by atoms with Crippen LogP contribution < -0.4 is 16.0 Å². The molecular formula is C33H41N3O7. The van der Waals surface area contributed by atoms with Crippen molar-refractivity contribution < 1.29 is 33.4 Å². The van der Waals surface area contributed by atoms with Crippen molar-refractivity contribution in [2.75, 3.05) is 0 Å². The van der Waals surface area contributed by atoms with Gasteiger partial charge < -0.3 is 30.2 Å². The van der Waals surface area contributed by atoms with Crippen molar-refractivity contribution in [1.29, 1.82) is 0 Å². The molecule has 1 aliphatic heterocycles. The second-order valence-electron chi connectivity index (χ2n) is 11.9. The molecule has 43 heavy (non-hydrogen) atoms. The fourth-order valence-electron chi connectivity index (χ4n) is 5.29. The molecule has 3 amide bonds. The van der Waals surface area contributed by atoms with E-state index in [1.807, 2.05) is 60.7 Å². The third-order valence-electron chi connectivity index (χ3n) is 7.19. The van der Waals surface area contributed by atoms with Gasteiger partial charge in [-0.05, 0) is 50.8 Å². The van der Waals surface area contributed by atoms with Crippen LogP contribution in [0.25, 0.3) is 0 Å². The van der Waals surface area contributed by atoms with E-state index in [1.54, 1.807) is 20.8 Å². The summed E-state index contributed by atoms with van der Waals surface area (Å²) in [5, 5.41) is 8.45. The number of nitrogens with one attached hydrogen (secondary N) is 3. The lowest BCUT2D eigenvalue weighted by molar-refractivity contribution is -0.151. The Morgan fingerprint density at radius 2 is 1.42 bits per heavy atom. The minimum absolute atomic E-state index is 0.0538. The molecule has 10 nitrogen and oxygen atoms in total. The van der Waals surface area contributed by atoms with Gasteiger partial charge in [0.15, 0.2) is 12.2 Å². The van der Waals surface area contributed by atoms with Crippen molar-refractivity contribution in [3.05, 3.63) is 83.6 Å². The Morgan fingerprint density at radius 3 is 1.95 bits per heavy atom. The number of amides is 3. The van der Waals surface area contributed by atoms with Crippen LogP contribution >= 0.6 is 0 Å². The largest absolute Gasteiger partial charge is 0.471 e. The maximum atomic E-state index is 13.7. The number of hydrogen-bond acceptors (Lipinski definition) is 7. The van der Waals surface area contributed by atoms with Gasteiger partial charge in [0, 0.05) is 13.0 Å². The normalized spacial score (nSPS) is 20.7. The molecule has 0 saturated heterocycles. The van der Waals surface area contributed by atoms with Crippen molar-refractivity contribution in [2.45, 2.75) is 95.7 Å². The summed E-state index contributed by atoms with van der Waals surface area (Å²) in [7, 11) is 0. The number of hydrogen-bond donors (Lipinski definition) is 3. The Balaban J connectivity index is 1.66. The van der Waals surface area contributed by atoms with Crippen molar-refractivity contribution in [3.8, 4) is 0 Å². The zero-order chi connectivity index (χ0) is 31.0. The standard InChI is InChI=1S/C33H41N3O7/c1-21(37)34-27-25(36-32(40)43-33(2,3)4)20-26(41-29(27)30(38)35-24-18-12-7-13-19-24)31(39)42-28(22-14-8-5-9-15-22)23-16-10-6-11-17-23/h5-6,8-11,14-17,20,24-25,27-29H,7,12-13,18-19H2,1-4H3,(H,34,37)(H,35,38)(H,36,40)/t25-,27+,29+/m0/s1. The van der Waals surface area contributed by atoms with Crippen LogP contribution in [-0.2, 0) is 28.6 Å². The predicted octanol–water partition coefficient (Wildman–Crippen LogP) is 4.45. The maximum absolute atomic E-state index is 13.7. The van der Waals surface area contributed by atoms with Crippen LogP contribution in [-0.4, -0.2) is 53.7 Å². The smallest absolute Gasteiger partial charge is 0.408 e. The van der Waals surface area contributed by atoms with E-state index in [1.165, 1.54) is 13.0 Å². The zero-order valence-corrected chi connectivity index (χ0v) is 25.1. The van der Waals surface area contributed by atoms with Gasteiger partial charge >= 0.3 is 12.1 Å². The molecule has 230 valence electrons. The highest BCUT2D eigenvalue weighted by Crippen LogP contribution is 2.29. The first kappa shape index (κ1) is 31.6. The molecular weight excluding hydrogens is 550 g/mol. The number of benzene rings is 2. The summed E-state index contributed by atoms with van der Waals surface area (Å²) in [6.07, 6.45) is 3.21. The number of ether oxygens (including phenoxy) is 3. The molecule has 2 aromatic rings. The van der Waals surface area contributed by atoms with Gasteiger partial charge in [-0.2, -0.15) is 0 Å². The molecule has 2 aromatic carbocycles. The second-order valence-corrected chi connectivity index (χ2v) is 11.9. The van der Waals surface area contributed by atoms with Crippen LogP contribution in [0, 0.1) is 0 Å². The Morgan fingerprint density at radius 1 is 0.837 bits per heavy atom. The second kappa shape index (κ2) is 14.2. The van der Waals surface area contributed by atoms with Crippen molar-refractivity contribution in [2.24, 2.45) is 0 Å². The molecule has 1 fully saturated rings. The van der Waals surface area contributed by atoms with Crippen LogP contribution in [0.2, 0.25) is 0 Å². The van der Waals surface area contributed by atoms with Gasteiger partial charge in [-0.1, -0.05) is 79.9 Å². The molecule has 0 spiro atoms. The fraction of sp³-hybridized carbons (Fsp3) is 0.455. The highest BCUT2D eigenvalue weighted by Gasteiger charge is 2.44. The Labute approximate surface area is 252 Å². The summed E-state index contributed by atoms with van der Waals surface area (Å²) < 4.78 is 17.5. The van der Waals surface area contributed by atoms with Crippen LogP contribution in [0.4, 0.5) is 4.79 Å². The molecule has 0 aromatic heterocycles. The highest BCUT2D eigenvalue weighted by molar-refractivity contribution is 5.90. The van der Waals surface area contributed by atoms with Crippen molar-refractivity contribution in [3.63, 3.8) is 0 Å². The Bertz CT molecular complexity index is 1260. The first-order valence-corrected chi connectivity index (χ1v) is 14.8. The average Bonchev–Trinajstić information content (AvgIpc) is 2.96. The minimum atomic E-state index is -1.33. The Kier molecular flexibility index (Phi) is 10.4. The average molecular weight is 592 g/mol. The molecule has 0 bridgehead atoms. The van der Waals surface area contributed by atoms with Crippen LogP contribution in [0.1, 0.15) is 77.0 Å². The van der Waals surface area contributed by atoms with Crippen LogP contribution in [0.5, 0.6) is 0 Å². The van der Waals surface area contributed by atoms with E-state index in [0.29, 0.717) is 0 Å². The number of carbonyl (C=O) groups is 4. The lowest BCUT2D eigenvalue weighted by Crippen LogP contribution is -2.63. The molecule has 1 aliphatic carbocycles. The SMILES string of the molecule is CC(=O)N[C@@H]1[C@@H](NC(=O)OC(C)(C)C)C=C(C(=O)OC(c2ccccc2)c2ccccc2)O[C@H]1C(=O)NC1CCCCC1. The van der Waals surface area contributed by atoms with E-state index >= 15 is 0 Å². The molecule has 10 heteroatoms. The van der Waals surface area contributed by atoms with Crippen LogP contribution in [0.3, 0.4) is 0 Å². The molecule has 3 atom stereocenters. The monoisotopic (exact) mass is 591 g/mol. The van der Waals surface area contributed by atoms with E-state index in [-0.39, 0.29) is 11.8 Å². The summed E-state index contributed by atoms with van der Waals surface area (Å²) in [5.74, 6) is -2.02. The summed E-state index contributed by atoms with van der Waals surface area (Å²) in [6.45, 7) is 6.45. The number of rotatable bonds is 8. The Hall–Kier alpha value is -4.34. The molecule has 4 rings (SSSR count). The molecule has 0 radical (unpaired) electrons. The molecule has 3 N–H and O–H groups in total. The number of esters is 1. The lowest BCUT2D eigenvalue weighted by atomic mass is 9.93. The third kappa shape index (κ3) is 9.07. The van der Waals surface area contributed by atoms with E-state index in [9.17, 15) is 19.2 Å². The van der Waals surface area contributed by atoms with E-state index in [2.05, 4.69) is 16.0 Å². The van der Waals surface area contributed by atoms with Crippen LogP contribution in [0.15, 0.2) is 72.5 Å². The molecule has 0 unspecified atom stereocenters. The van der Waals surface area contributed by atoms with Gasteiger partial charge in [-0.3, -0.25) is 9.59 Å². The van der Waals surface area contributed by atoms with Gasteiger partial charge in [0.1, 0.15) is 5.60 Å². The van der Waals surface area contributed by atoms with Gasteiger partial charge in [0.2, 0.25) is 11.7 Å². The van der Waals surface area contributed by atoms with Crippen molar-refractivity contribution >= 4 is 23.9 Å². The van der Waals surface area contributed by atoms with Crippen molar-refractivity contribution in [1.82, 2.24) is 16.0 Å². The first-order chi connectivity index (χ1) is 20.5. The number of carbonyl (C=O) groups excluding carboxylic acids is 4. The summed E-state index contributed by atoms with van der Waals surface area (Å²) >= 11 is 0. The minimum Gasteiger partial charge on any atom is -0.471 e. The van der Waals surface area contributed by atoms with E-state index < -0.39 is 53.8 Å². The van der Waals surface area contributed by atoms with Gasteiger partial charge in [-0.25, -0.2) is 9.59 Å². The van der Waals surface area contributed by atoms with Gasteiger partial charge in [0.25, 0.3) is 5.91 Å². The lowest BCUT2D eigenvalue weighted by Gasteiger charge is -2.37. The summed E-state index contributed by atoms with van der Waals surface area (Å²) in [6, 6.07) is 16.4. The first-order valence-electron chi connectivity index (χ1n) is 14.8.